The zero-order valence-electron chi connectivity index (χ0n) is 12.5. The number of hydrogen-bond donors (Lipinski definition) is 1. The van der Waals surface area contributed by atoms with Crippen molar-refractivity contribution in [3.63, 3.8) is 0 Å². The standard InChI is InChI=1S/C15H18N4O2S/c1-10-7-18(8-11(2)21-10)15(22)12-9-19(17-16-12)13-5-3-4-6-14(13)20/h3-6,9-11,20H,7-8H2,1-2H3/t10-,11+. The Morgan fingerprint density at radius 2 is 1.95 bits per heavy atom. The van der Waals surface area contributed by atoms with E-state index in [1.54, 1.807) is 24.4 Å². The fraction of sp³-hybridized carbons (Fsp3) is 0.400. The van der Waals surface area contributed by atoms with Gasteiger partial charge in [0.1, 0.15) is 22.1 Å². The van der Waals surface area contributed by atoms with Crippen molar-refractivity contribution >= 4 is 17.2 Å². The predicted molar refractivity (Wildman–Crippen MR) is 86.3 cm³/mol. The lowest BCUT2D eigenvalue weighted by Crippen LogP contribution is -2.47. The first-order valence-corrected chi connectivity index (χ1v) is 7.61. The fourth-order valence-corrected chi connectivity index (χ4v) is 2.89. The van der Waals surface area contributed by atoms with Crippen molar-refractivity contribution in [1.82, 2.24) is 19.9 Å². The highest BCUT2D eigenvalue weighted by Gasteiger charge is 2.25. The summed E-state index contributed by atoms with van der Waals surface area (Å²) < 4.78 is 7.25. The lowest BCUT2D eigenvalue weighted by atomic mass is 10.2. The number of benzene rings is 1. The summed E-state index contributed by atoms with van der Waals surface area (Å²) in [5.41, 5.74) is 1.20. The van der Waals surface area contributed by atoms with Crippen LogP contribution in [0.15, 0.2) is 30.5 Å². The molecular weight excluding hydrogens is 300 g/mol. The second-order valence-electron chi connectivity index (χ2n) is 5.50. The molecule has 1 aliphatic heterocycles. The highest BCUT2D eigenvalue weighted by molar-refractivity contribution is 7.80. The first kappa shape index (κ1) is 14.9. The Hall–Kier alpha value is -1.99. The second-order valence-corrected chi connectivity index (χ2v) is 5.89. The van der Waals surface area contributed by atoms with Gasteiger partial charge in [-0.1, -0.05) is 29.6 Å². The molecule has 2 atom stereocenters. The summed E-state index contributed by atoms with van der Waals surface area (Å²) in [6, 6.07) is 6.98. The van der Waals surface area contributed by atoms with E-state index in [-0.39, 0.29) is 18.0 Å². The number of nitrogens with zero attached hydrogens (tertiary/aromatic N) is 4. The van der Waals surface area contributed by atoms with Gasteiger partial charge in [0.15, 0.2) is 0 Å². The SMILES string of the molecule is C[C@@H]1CN(C(=S)c2cn(-c3ccccc3O)nn2)C[C@H](C)O1. The highest BCUT2D eigenvalue weighted by Crippen LogP contribution is 2.20. The molecule has 1 saturated heterocycles. The number of ether oxygens (including phenoxy) is 1. The molecule has 0 bridgehead atoms. The van der Waals surface area contributed by atoms with Crippen LogP contribution in [0.25, 0.3) is 5.69 Å². The number of phenols is 1. The highest BCUT2D eigenvalue weighted by atomic mass is 32.1. The molecule has 0 unspecified atom stereocenters. The molecule has 0 radical (unpaired) electrons. The van der Waals surface area contributed by atoms with Gasteiger partial charge >= 0.3 is 0 Å². The van der Waals surface area contributed by atoms with Gasteiger partial charge in [-0.15, -0.1) is 5.10 Å². The fourth-order valence-electron chi connectivity index (χ4n) is 2.64. The van der Waals surface area contributed by atoms with E-state index < -0.39 is 0 Å². The van der Waals surface area contributed by atoms with Crippen molar-refractivity contribution in [1.29, 1.82) is 0 Å². The van der Waals surface area contributed by atoms with E-state index >= 15 is 0 Å². The van der Waals surface area contributed by atoms with Crippen molar-refractivity contribution in [3.8, 4) is 11.4 Å². The molecule has 1 aromatic carbocycles. The van der Waals surface area contributed by atoms with Gasteiger partial charge in [-0.25, -0.2) is 4.68 Å². The third kappa shape index (κ3) is 2.95. The maximum Gasteiger partial charge on any atom is 0.141 e. The van der Waals surface area contributed by atoms with E-state index in [1.807, 2.05) is 19.9 Å². The Bertz CT molecular complexity index is 678. The Kier molecular flexibility index (Phi) is 4.08. The molecule has 2 heterocycles. The summed E-state index contributed by atoms with van der Waals surface area (Å²) in [6.45, 7) is 5.55. The van der Waals surface area contributed by atoms with Gasteiger partial charge in [0, 0.05) is 13.1 Å². The number of morpholine rings is 1. The van der Waals surface area contributed by atoms with Gasteiger partial charge in [-0.2, -0.15) is 0 Å². The van der Waals surface area contributed by atoms with Crippen LogP contribution >= 0.6 is 12.2 Å². The van der Waals surface area contributed by atoms with Crippen LogP contribution in [-0.2, 0) is 4.74 Å². The number of aromatic hydroxyl groups is 1. The minimum atomic E-state index is 0.134. The molecule has 6 nitrogen and oxygen atoms in total. The molecule has 1 aromatic heterocycles. The van der Waals surface area contributed by atoms with Gasteiger partial charge in [0.2, 0.25) is 0 Å². The van der Waals surface area contributed by atoms with Gasteiger partial charge < -0.3 is 14.7 Å². The number of rotatable bonds is 2. The molecule has 0 aliphatic carbocycles. The number of para-hydroxylation sites is 2. The molecular formula is C15H18N4O2S. The quantitative estimate of drug-likeness (QED) is 0.851. The zero-order valence-corrected chi connectivity index (χ0v) is 13.3. The number of phenolic OH excluding ortho intramolecular Hbond substituents is 1. The smallest absolute Gasteiger partial charge is 0.141 e. The largest absolute Gasteiger partial charge is 0.506 e. The van der Waals surface area contributed by atoms with Crippen molar-refractivity contribution in [2.24, 2.45) is 0 Å². The first-order valence-electron chi connectivity index (χ1n) is 7.20. The number of hydrogen-bond acceptors (Lipinski definition) is 5. The van der Waals surface area contributed by atoms with Crippen molar-refractivity contribution in [2.45, 2.75) is 26.1 Å². The average Bonchev–Trinajstić information content (AvgIpc) is 2.95. The third-order valence-electron chi connectivity index (χ3n) is 3.55. The van der Waals surface area contributed by atoms with Gasteiger partial charge in [0.05, 0.1) is 18.4 Å². The summed E-state index contributed by atoms with van der Waals surface area (Å²) in [7, 11) is 0. The van der Waals surface area contributed by atoms with E-state index in [0.717, 1.165) is 13.1 Å². The molecule has 1 N–H and O–H groups in total. The van der Waals surface area contributed by atoms with Gasteiger partial charge in [-0.3, -0.25) is 0 Å². The lowest BCUT2D eigenvalue weighted by molar-refractivity contribution is -0.0472. The topological polar surface area (TPSA) is 63.4 Å². The normalized spacial score (nSPS) is 21.8. The molecule has 0 spiro atoms. The minimum absolute atomic E-state index is 0.134. The molecule has 1 aliphatic rings. The third-order valence-corrected chi connectivity index (χ3v) is 4.02. The van der Waals surface area contributed by atoms with Crippen LogP contribution < -0.4 is 0 Å². The van der Waals surface area contributed by atoms with Crippen LogP contribution in [0.3, 0.4) is 0 Å². The van der Waals surface area contributed by atoms with Gasteiger partial charge in [0.25, 0.3) is 0 Å². The van der Waals surface area contributed by atoms with E-state index in [0.29, 0.717) is 16.4 Å². The maximum absolute atomic E-state index is 9.88. The van der Waals surface area contributed by atoms with Crippen molar-refractivity contribution < 1.29 is 9.84 Å². The molecule has 2 aromatic rings. The molecule has 0 saturated carbocycles. The average molecular weight is 318 g/mol. The zero-order chi connectivity index (χ0) is 15.7. The molecule has 1 fully saturated rings. The Morgan fingerprint density at radius 3 is 2.64 bits per heavy atom. The Morgan fingerprint density at radius 1 is 1.27 bits per heavy atom. The van der Waals surface area contributed by atoms with E-state index in [9.17, 15) is 5.11 Å². The summed E-state index contributed by atoms with van der Waals surface area (Å²) in [4.78, 5) is 2.75. The van der Waals surface area contributed by atoms with Crippen LogP contribution in [0.1, 0.15) is 19.5 Å². The molecule has 116 valence electrons. The van der Waals surface area contributed by atoms with Crippen LogP contribution in [0.4, 0.5) is 0 Å². The van der Waals surface area contributed by atoms with Crippen molar-refractivity contribution in [3.05, 3.63) is 36.2 Å². The van der Waals surface area contributed by atoms with Crippen LogP contribution in [0, 0.1) is 0 Å². The predicted octanol–water partition coefficient (Wildman–Crippen LogP) is 1.76. The maximum atomic E-state index is 9.88. The summed E-state index contributed by atoms with van der Waals surface area (Å²) in [5.74, 6) is 0.151. The van der Waals surface area contributed by atoms with Crippen molar-refractivity contribution in [2.75, 3.05) is 13.1 Å². The Balaban J connectivity index is 1.82. The summed E-state index contributed by atoms with van der Waals surface area (Å²) >= 11 is 5.53. The molecule has 3 rings (SSSR count). The van der Waals surface area contributed by atoms with Crippen LogP contribution in [0.5, 0.6) is 5.75 Å². The number of thiocarbonyl (C=S) groups is 1. The van der Waals surface area contributed by atoms with E-state index in [4.69, 9.17) is 17.0 Å². The van der Waals surface area contributed by atoms with E-state index in [2.05, 4.69) is 15.2 Å². The Labute approximate surface area is 134 Å². The summed E-state index contributed by atoms with van der Waals surface area (Å²) in [6.07, 6.45) is 2.01. The van der Waals surface area contributed by atoms with E-state index in [1.165, 1.54) is 4.68 Å². The minimum Gasteiger partial charge on any atom is -0.506 e. The molecule has 22 heavy (non-hydrogen) atoms. The monoisotopic (exact) mass is 318 g/mol. The van der Waals surface area contributed by atoms with Crippen LogP contribution in [-0.4, -0.2) is 55.3 Å². The molecule has 0 amide bonds. The summed E-state index contributed by atoms with van der Waals surface area (Å²) in [5, 5.41) is 18.1. The van der Waals surface area contributed by atoms with Gasteiger partial charge in [-0.05, 0) is 26.0 Å². The second kappa shape index (κ2) is 6.02. The first-order chi connectivity index (χ1) is 10.5. The van der Waals surface area contributed by atoms with Crippen LogP contribution in [0.2, 0.25) is 0 Å². The molecule has 7 heteroatoms. The number of aromatic nitrogens is 3. The lowest BCUT2D eigenvalue weighted by Gasteiger charge is -2.36.